The number of nitrogens with one attached hydrogen (secondary N) is 1. The second-order valence-corrected chi connectivity index (χ2v) is 9.42. The minimum Gasteiger partial charge on any atom is -0.452 e. The SMILES string of the molecule is CC1=C[C@H]2C[C@H]1[C@@H]1C(=O)N(c3ccc(C(=O)OCC(=O)Nc4c(C)cccc4C)cc3)C(=O)[C@H]12. The maximum absolute atomic E-state index is 13.1. The van der Waals surface area contributed by atoms with Gasteiger partial charge in [-0.1, -0.05) is 29.8 Å². The Hall–Kier alpha value is -3.74. The van der Waals surface area contributed by atoms with Crippen LogP contribution in [-0.2, 0) is 19.1 Å². The summed E-state index contributed by atoms with van der Waals surface area (Å²) in [7, 11) is 0. The second kappa shape index (κ2) is 8.24. The first-order valence-corrected chi connectivity index (χ1v) is 11.5. The first-order valence-electron chi connectivity index (χ1n) is 11.5. The zero-order valence-electron chi connectivity index (χ0n) is 19.3. The number of esters is 1. The van der Waals surface area contributed by atoms with Gasteiger partial charge in [0.05, 0.1) is 23.1 Å². The summed E-state index contributed by atoms with van der Waals surface area (Å²) in [5, 5.41) is 2.77. The number of amides is 3. The predicted octanol–water partition coefficient (Wildman–Crippen LogP) is 3.80. The fourth-order valence-corrected chi connectivity index (χ4v) is 5.68. The molecule has 0 radical (unpaired) electrons. The molecule has 1 heterocycles. The summed E-state index contributed by atoms with van der Waals surface area (Å²) in [5.74, 6) is -1.67. The first-order chi connectivity index (χ1) is 16.3. The van der Waals surface area contributed by atoms with E-state index >= 15 is 0 Å². The van der Waals surface area contributed by atoms with Crippen LogP contribution in [0, 0.1) is 37.5 Å². The van der Waals surface area contributed by atoms with Gasteiger partial charge < -0.3 is 10.1 Å². The Morgan fingerprint density at radius 2 is 1.62 bits per heavy atom. The van der Waals surface area contributed by atoms with Gasteiger partial charge in [-0.2, -0.15) is 0 Å². The molecule has 2 aromatic carbocycles. The number of hydrogen-bond donors (Lipinski definition) is 1. The van der Waals surface area contributed by atoms with Crippen molar-refractivity contribution in [2.45, 2.75) is 27.2 Å². The monoisotopic (exact) mass is 458 g/mol. The average Bonchev–Trinajstić information content (AvgIpc) is 3.45. The van der Waals surface area contributed by atoms with Crippen molar-refractivity contribution in [3.63, 3.8) is 0 Å². The van der Waals surface area contributed by atoms with Crippen LogP contribution in [0.5, 0.6) is 0 Å². The number of hydrogen-bond acceptors (Lipinski definition) is 5. The highest BCUT2D eigenvalue weighted by molar-refractivity contribution is 6.23. The van der Waals surface area contributed by atoms with E-state index in [9.17, 15) is 19.2 Å². The van der Waals surface area contributed by atoms with Gasteiger partial charge in [-0.25, -0.2) is 4.79 Å². The van der Waals surface area contributed by atoms with Crippen molar-refractivity contribution >= 4 is 35.1 Å². The molecule has 34 heavy (non-hydrogen) atoms. The summed E-state index contributed by atoms with van der Waals surface area (Å²) in [6, 6.07) is 11.9. The zero-order chi connectivity index (χ0) is 24.1. The number of benzene rings is 2. The summed E-state index contributed by atoms with van der Waals surface area (Å²) in [6.07, 6.45) is 3.02. The van der Waals surface area contributed by atoms with E-state index in [0.717, 1.165) is 17.5 Å². The van der Waals surface area contributed by atoms with E-state index in [1.54, 1.807) is 12.1 Å². The van der Waals surface area contributed by atoms with Crippen molar-refractivity contribution in [1.29, 1.82) is 0 Å². The van der Waals surface area contributed by atoms with Gasteiger partial charge in [-0.15, -0.1) is 0 Å². The van der Waals surface area contributed by atoms with Crippen molar-refractivity contribution in [2.75, 3.05) is 16.8 Å². The summed E-state index contributed by atoms with van der Waals surface area (Å²) < 4.78 is 5.15. The molecule has 5 rings (SSSR count). The highest BCUT2D eigenvalue weighted by Crippen LogP contribution is 2.55. The molecule has 1 saturated carbocycles. The lowest BCUT2D eigenvalue weighted by molar-refractivity contribution is -0.123. The summed E-state index contributed by atoms with van der Waals surface area (Å²) in [4.78, 5) is 52.0. The van der Waals surface area contributed by atoms with Crippen LogP contribution in [0.1, 0.15) is 34.8 Å². The average molecular weight is 459 g/mol. The standard InChI is InChI=1S/C27H26N2O5/c1-14-5-4-6-15(2)24(14)28-21(30)13-34-27(33)17-7-9-19(10-8-17)29-25(31)22-18-11-16(3)20(12-18)23(22)26(29)32/h4-11,18,20,22-23H,12-13H2,1-3H3,(H,28,30)/t18-,20+,22-,23-/m0/s1. The maximum Gasteiger partial charge on any atom is 0.338 e. The topological polar surface area (TPSA) is 92.8 Å². The molecular weight excluding hydrogens is 432 g/mol. The molecule has 7 nitrogen and oxygen atoms in total. The molecule has 174 valence electrons. The van der Waals surface area contributed by atoms with Crippen LogP contribution in [0.25, 0.3) is 0 Å². The number of allylic oxidation sites excluding steroid dienone is 2. The minimum atomic E-state index is -0.656. The number of imide groups is 1. The summed E-state index contributed by atoms with van der Waals surface area (Å²) >= 11 is 0. The number of carbonyl (C=O) groups excluding carboxylic acids is 4. The van der Waals surface area contributed by atoms with Gasteiger partial charge in [0.15, 0.2) is 6.61 Å². The van der Waals surface area contributed by atoms with Gasteiger partial charge in [0.2, 0.25) is 11.8 Å². The Balaban J connectivity index is 1.22. The molecule has 0 spiro atoms. The Labute approximate surface area is 197 Å². The molecule has 7 heteroatoms. The molecule has 0 unspecified atom stereocenters. The number of fused-ring (bicyclic) bond motifs is 5. The van der Waals surface area contributed by atoms with Crippen LogP contribution in [0.2, 0.25) is 0 Å². The molecule has 3 amide bonds. The molecule has 3 aliphatic rings. The number of para-hydroxylation sites is 1. The van der Waals surface area contributed by atoms with Gasteiger partial charge in [-0.3, -0.25) is 19.3 Å². The second-order valence-electron chi connectivity index (χ2n) is 9.42. The van der Waals surface area contributed by atoms with E-state index in [1.165, 1.54) is 22.6 Å². The van der Waals surface area contributed by atoms with Crippen LogP contribution < -0.4 is 10.2 Å². The summed E-state index contributed by atoms with van der Waals surface area (Å²) in [6.45, 7) is 5.39. The van der Waals surface area contributed by atoms with Crippen LogP contribution in [0.4, 0.5) is 11.4 Å². The molecule has 1 N–H and O–H groups in total. The quantitative estimate of drug-likeness (QED) is 0.418. The highest BCUT2D eigenvalue weighted by Gasteiger charge is 2.60. The Kier molecular flexibility index (Phi) is 5.35. The molecule has 2 aromatic rings. The largest absolute Gasteiger partial charge is 0.452 e. The fraction of sp³-hybridized carbons (Fsp3) is 0.333. The highest BCUT2D eigenvalue weighted by atomic mass is 16.5. The molecule has 1 saturated heterocycles. The zero-order valence-corrected chi connectivity index (χ0v) is 19.3. The smallest absolute Gasteiger partial charge is 0.338 e. The minimum absolute atomic E-state index is 0.139. The number of nitrogens with zero attached hydrogens (tertiary/aromatic N) is 1. The van der Waals surface area contributed by atoms with Crippen molar-refractivity contribution in [3.05, 3.63) is 70.8 Å². The van der Waals surface area contributed by atoms with Crippen molar-refractivity contribution < 1.29 is 23.9 Å². The van der Waals surface area contributed by atoms with Gasteiger partial charge in [-0.05, 0) is 74.4 Å². The maximum atomic E-state index is 13.1. The lowest BCUT2D eigenvalue weighted by Crippen LogP contribution is -2.33. The van der Waals surface area contributed by atoms with Gasteiger partial charge in [0, 0.05) is 5.69 Å². The Bertz CT molecular complexity index is 1230. The van der Waals surface area contributed by atoms with Gasteiger partial charge >= 0.3 is 5.97 Å². The van der Waals surface area contributed by atoms with Gasteiger partial charge in [0.1, 0.15) is 0 Å². The molecule has 4 atom stereocenters. The van der Waals surface area contributed by atoms with E-state index in [2.05, 4.69) is 11.4 Å². The van der Waals surface area contributed by atoms with E-state index in [0.29, 0.717) is 11.4 Å². The first kappa shape index (κ1) is 22.1. The Morgan fingerprint density at radius 1 is 0.971 bits per heavy atom. The number of ether oxygens (including phenoxy) is 1. The summed E-state index contributed by atoms with van der Waals surface area (Å²) in [5.41, 5.74) is 4.44. The van der Waals surface area contributed by atoms with Crippen LogP contribution in [0.15, 0.2) is 54.1 Å². The van der Waals surface area contributed by atoms with Crippen LogP contribution >= 0.6 is 0 Å². The van der Waals surface area contributed by atoms with E-state index in [1.807, 2.05) is 39.0 Å². The third kappa shape index (κ3) is 3.52. The van der Waals surface area contributed by atoms with E-state index in [-0.39, 0.29) is 41.0 Å². The Morgan fingerprint density at radius 3 is 2.29 bits per heavy atom. The van der Waals surface area contributed by atoms with Gasteiger partial charge in [0.25, 0.3) is 5.91 Å². The lowest BCUT2D eigenvalue weighted by atomic mass is 9.82. The lowest BCUT2D eigenvalue weighted by Gasteiger charge is -2.19. The number of carbonyl (C=O) groups is 4. The molecular formula is C27H26N2O5. The number of anilines is 2. The van der Waals surface area contributed by atoms with Crippen LogP contribution in [0.3, 0.4) is 0 Å². The van der Waals surface area contributed by atoms with Crippen molar-refractivity contribution in [3.8, 4) is 0 Å². The van der Waals surface area contributed by atoms with E-state index < -0.39 is 18.5 Å². The number of rotatable bonds is 5. The van der Waals surface area contributed by atoms with Crippen molar-refractivity contribution in [1.82, 2.24) is 0 Å². The molecule has 2 bridgehead atoms. The number of aryl methyl sites for hydroxylation is 2. The molecule has 2 aliphatic carbocycles. The van der Waals surface area contributed by atoms with Crippen molar-refractivity contribution in [2.24, 2.45) is 23.7 Å². The predicted molar refractivity (Wildman–Crippen MR) is 126 cm³/mol. The molecule has 2 fully saturated rings. The molecule has 0 aromatic heterocycles. The fourth-order valence-electron chi connectivity index (χ4n) is 5.68. The third-order valence-corrected chi connectivity index (χ3v) is 7.32. The molecule has 1 aliphatic heterocycles. The van der Waals surface area contributed by atoms with E-state index in [4.69, 9.17) is 4.74 Å². The normalized spacial score (nSPS) is 24.8. The van der Waals surface area contributed by atoms with Crippen LogP contribution in [-0.4, -0.2) is 30.3 Å². The third-order valence-electron chi connectivity index (χ3n) is 7.32.